The molecule has 4 nitrogen and oxygen atoms in total. The van der Waals surface area contributed by atoms with E-state index in [1.54, 1.807) is 0 Å². The molecule has 28 heavy (non-hydrogen) atoms. The zero-order valence-electron chi connectivity index (χ0n) is 13.4. The summed E-state index contributed by atoms with van der Waals surface area (Å²) in [5.74, 6) is 2.26. The Bertz CT molecular complexity index is 250. The van der Waals surface area contributed by atoms with Crippen LogP contribution >= 0.6 is 0 Å². The molecule has 0 fully saturated rings. The average molecular weight is 415 g/mol. The highest BCUT2D eigenvalue weighted by Gasteiger charge is 2.19. The SMILES string of the molecule is C.C.C.C.C.C.C.C.C=C(C)OCOCC(CC)C(CC)COCOC(=C)C. The predicted molar refractivity (Wildman–Crippen MR) is 135 cm³/mol. The summed E-state index contributed by atoms with van der Waals surface area (Å²) >= 11 is 0. The molecule has 0 saturated carbocycles. The van der Waals surface area contributed by atoms with E-state index in [9.17, 15) is 0 Å². The van der Waals surface area contributed by atoms with Gasteiger partial charge in [0.1, 0.15) is 0 Å². The summed E-state index contributed by atoms with van der Waals surface area (Å²) in [5, 5.41) is 0. The topological polar surface area (TPSA) is 36.9 Å². The Hall–Kier alpha value is -1.00. The maximum absolute atomic E-state index is 5.54. The predicted octanol–water partition coefficient (Wildman–Crippen LogP) is 9.18. The van der Waals surface area contributed by atoms with Crippen LogP contribution < -0.4 is 0 Å². The summed E-state index contributed by atoms with van der Waals surface area (Å²) in [6.07, 6.45) is 2.10. The van der Waals surface area contributed by atoms with Gasteiger partial charge in [0.25, 0.3) is 0 Å². The molecule has 0 amide bonds. The van der Waals surface area contributed by atoms with Gasteiger partial charge in [-0.25, -0.2) is 0 Å². The smallest absolute Gasteiger partial charge is 0.188 e. The van der Waals surface area contributed by atoms with Crippen molar-refractivity contribution in [2.45, 2.75) is 99.9 Å². The monoisotopic (exact) mass is 414 g/mol. The van der Waals surface area contributed by atoms with Crippen molar-refractivity contribution in [3.05, 3.63) is 24.7 Å². The maximum atomic E-state index is 5.54. The molecule has 0 aliphatic rings. The standard InChI is InChI=1S/C16H30O4.8CH4/c1-7-15(9-17-11-19-13(3)4)16(8-2)10-18-12-20-14(5)6;;;;;;;;/h15-16H,3,5,7-12H2,1-2,4,6H3;8*1H4. The lowest BCUT2D eigenvalue weighted by atomic mass is 9.89. The summed E-state index contributed by atoms with van der Waals surface area (Å²) in [6.45, 7) is 17.2. The third-order valence-corrected chi connectivity index (χ3v) is 3.16. The van der Waals surface area contributed by atoms with Crippen LogP contribution in [0.2, 0.25) is 0 Å². The molecule has 0 N–H and O–H groups in total. The largest absolute Gasteiger partial charge is 0.473 e. The zero-order valence-corrected chi connectivity index (χ0v) is 13.4. The molecule has 0 aliphatic heterocycles. The van der Waals surface area contributed by atoms with Crippen LogP contribution in [-0.2, 0) is 18.9 Å². The van der Waals surface area contributed by atoms with Crippen molar-refractivity contribution in [1.82, 2.24) is 0 Å². The molecule has 0 aromatic rings. The first-order valence-electron chi connectivity index (χ1n) is 7.23. The van der Waals surface area contributed by atoms with Gasteiger partial charge in [0.2, 0.25) is 0 Å². The maximum Gasteiger partial charge on any atom is 0.188 e. The van der Waals surface area contributed by atoms with E-state index in [2.05, 4.69) is 27.0 Å². The normalized spacial score (nSPS) is 9.71. The van der Waals surface area contributed by atoms with E-state index in [1.807, 2.05) is 13.8 Å². The summed E-state index contributed by atoms with van der Waals surface area (Å²) in [6, 6.07) is 0. The van der Waals surface area contributed by atoms with Crippen LogP contribution in [0.5, 0.6) is 0 Å². The Kier molecular flexibility index (Phi) is 74.1. The molecule has 0 saturated heterocycles. The number of ether oxygens (including phenoxy) is 4. The lowest BCUT2D eigenvalue weighted by molar-refractivity contribution is -0.0692. The first kappa shape index (κ1) is 56.3. The Morgan fingerprint density at radius 1 is 0.607 bits per heavy atom. The van der Waals surface area contributed by atoms with Crippen LogP contribution in [-0.4, -0.2) is 26.8 Å². The lowest BCUT2D eigenvalue weighted by Gasteiger charge is -2.25. The zero-order chi connectivity index (χ0) is 15.4. The van der Waals surface area contributed by atoms with Gasteiger partial charge >= 0.3 is 0 Å². The molecular formula is C24H62O4. The quantitative estimate of drug-likeness (QED) is 0.171. The van der Waals surface area contributed by atoms with Crippen molar-refractivity contribution in [3.63, 3.8) is 0 Å². The summed E-state index contributed by atoms with van der Waals surface area (Å²) in [4.78, 5) is 0. The first-order valence-corrected chi connectivity index (χ1v) is 7.23. The molecule has 0 rings (SSSR count). The summed E-state index contributed by atoms with van der Waals surface area (Å²) in [7, 11) is 0. The minimum absolute atomic E-state index is 0. The number of allylic oxidation sites excluding steroid dienone is 2. The van der Waals surface area contributed by atoms with Crippen LogP contribution in [0, 0.1) is 11.8 Å². The molecular weight excluding hydrogens is 352 g/mol. The second-order valence-corrected chi connectivity index (χ2v) is 5.01. The fourth-order valence-corrected chi connectivity index (χ4v) is 1.86. The van der Waals surface area contributed by atoms with E-state index in [0.717, 1.165) is 12.8 Å². The van der Waals surface area contributed by atoms with E-state index in [-0.39, 0.29) is 73.0 Å². The van der Waals surface area contributed by atoms with Gasteiger partial charge < -0.3 is 18.9 Å². The van der Waals surface area contributed by atoms with E-state index in [1.165, 1.54) is 0 Å². The van der Waals surface area contributed by atoms with Crippen molar-refractivity contribution < 1.29 is 18.9 Å². The van der Waals surface area contributed by atoms with Crippen LogP contribution in [0.1, 0.15) is 99.9 Å². The van der Waals surface area contributed by atoms with Gasteiger partial charge in [-0.2, -0.15) is 0 Å². The summed E-state index contributed by atoms with van der Waals surface area (Å²) < 4.78 is 21.5. The highest BCUT2D eigenvalue weighted by molar-refractivity contribution is 4.73. The highest BCUT2D eigenvalue weighted by atomic mass is 16.7. The molecule has 4 heteroatoms. The van der Waals surface area contributed by atoms with Gasteiger partial charge in [-0.15, -0.1) is 0 Å². The lowest BCUT2D eigenvalue weighted by Crippen LogP contribution is -2.24. The van der Waals surface area contributed by atoms with Gasteiger partial charge in [-0.3, -0.25) is 0 Å². The molecule has 0 heterocycles. The van der Waals surface area contributed by atoms with E-state index in [4.69, 9.17) is 18.9 Å². The van der Waals surface area contributed by atoms with Gasteiger partial charge in [0, 0.05) is 0 Å². The Morgan fingerprint density at radius 3 is 1.04 bits per heavy atom. The molecule has 0 bridgehead atoms. The third-order valence-electron chi connectivity index (χ3n) is 3.16. The molecule has 0 aromatic heterocycles. The molecule has 0 aromatic carbocycles. The molecule has 2 unspecified atom stereocenters. The second kappa shape index (κ2) is 36.8. The second-order valence-electron chi connectivity index (χ2n) is 5.01. The van der Waals surface area contributed by atoms with Gasteiger partial charge in [-0.1, -0.05) is 99.3 Å². The van der Waals surface area contributed by atoms with Crippen molar-refractivity contribution in [2.75, 3.05) is 26.8 Å². The Balaban J connectivity index is -0.0000000645. The Labute approximate surface area is 182 Å². The van der Waals surface area contributed by atoms with Gasteiger partial charge in [0.15, 0.2) is 13.6 Å². The number of hydrogen-bond acceptors (Lipinski definition) is 4. The molecule has 2 atom stereocenters. The van der Waals surface area contributed by atoms with Gasteiger partial charge in [-0.05, 0) is 25.7 Å². The molecule has 0 radical (unpaired) electrons. The van der Waals surface area contributed by atoms with E-state index in [0.29, 0.717) is 36.6 Å². The van der Waals surface area contributed by atoms with Crippen molar-refractivity contribution in [1.29, 1.82) is 0 Å². The minimum atomic E-state index is 0. The van der Waals surface area contributed by atoms with E-state index >= 15 is 0 Å². The van der Waals surface area contributed by atoms with Crippen LogP contribution in [0.15, 0.2) is 24.7 Å². The third kappa shape index (κ3) is 32.7. The molecule has 0 spiro atoms. The fourth-order valence-electron chi connectivity index (χ4n) is 1.86. The summed E-state index contributed by atoms with van der Waals surface area (Å²) in [5.41, 5.74) is 0. The highest BCUT2D eigenvalue weighted by Crippen LogP contribution is 2.20. The number of rotatable bonds is 13. The fraction of sp³-hybridized carbons (Fsp3) is 0.833. The average Bonchev–Trinajstić information content (AvgIpc) is 2.39. The number of hydrogen-bond donors (Lipinski definition) is 0. The molecule has 0 aliphatic carbocycles. The van der Waals surface area contributed by atoms with Crippen LogP contribution in [0.25, 0.3) is 0 Å². The van der Waals surface area contributed by atoms with Crippen molar-refractivity contribution in [3.8, 4) is 0 Å². The molecule has 182 valence electrons. The Morgan fingerprint density at radius 2 is 0.857 bits per heavy atom. The van der Waals surface area contributed by atoms with Crippen molar-refractivity contribution in [2.24, 2.45) is 11.8 Å². The van der Waals surface area contributed by atoms with E-state index < -0.39 is 0 Å². The van der Waals surface area contributed by atoms with Crippen LogP contribution in [0.4, 0.5) is 0 Å². The van der Waals surface area contributed by atoms with Gasteiger partial charge in [0.05, 0.1) is 24.7 Å². The van der Waals surface area contributed by atoms with Crippen molar-refractivity contribution >= 4 is 0 Å². The van der Waals surface area contributed by atoms with Crippen LogP contribution in [0.3, 0.4) is 0 Å². The minimum Gasteiger partial charge on any atom is -0.473 e. The first-order chi connectivity index (χ1) is 9.51.